The number of likely N-dealkylation sites (N-methyl/N-ethyl adjacent to an activating group) is 1. The zero-order valence-corrected chi connectivity index (χ0v) is 15.5. The molecule has 1 aliphatic rings. The molecule has 0 bridgehead atoms. The van der Waals surface area contributed by atoms with Crippen molar-refractivity contribution in [2.75, 3.05) is 27.4 Å². The molecule has 0 aromatic heterocycles. The number of ether oxygens (including phenoxy) is 2. The maximum atomic E-state index is 13.2. The Morgan fingerprint density at radius 1 is 1.19 bits per heavy atom. The number of carbonyl (C=O) groups is 1. The molecule has 2 aromatic rings. The number of amides is 2. The van der Waals surface area contributed by atoms with Gasteiger partial charge in [-0.3, -0.25) is 0 Å². The lowest BCUT2D eigenvalue weighted by Crippen LogP contribution is -2.45. The third-order valence-electron chi connectivity index (χ3n) is 4.50. The lowest BCUT2D eigenvalue weighted by atomic mass is 10.0. The maximum absolute atomic E-state index is 13.2. The third kappa shape index (κ3) is 5.10. The largest absolute Gasteiger partial charge is 0.454 e. The molecular weight excluding hydrogens is 349 g/mol. The predicted octanol–water partition coefficient (Wildman–Crippen LogP) is 2.53. The van der Waals surface area contributed by atoms with E-state index in [0.717, 1.165) is 17.1 Å². The summed E-state index contributed by atoms with van der Waals surface area (Å²) in [6.45, 7) is 0.972. The molecule has 2 amide bonds. The fraction of sp³-hybridized carbons (Fsp3) is 0.350. The van der Waals surface area contributed by atoms with E-state index in [0.29, 0.717) is 18.5 Å². The summed E-state index contributed by atoms with van der Waals surface area (Å²) in [5.41, 5.74) is 1.76. The number of halogens is 1. The van der Waals surface area contributed by atoms with Crippen LogP contribution in [0.1, 0.15) is 11.1 Å². The minimum absolute atomic E-state index is 0.0839. The zero-order chi connectivity index (χ0) is 19.2. The number of nitrogens with one attached hydrogen (secondary N) is 2. The van der Waals surface area contributed by atoms with Crippen LogP contribution < -0.4 is 20.1 Å². The number of benzene rings is 2. The van der Waals surface area contributed by atoms with Gasteiger partial charge in [-0.15, -0.1) is 0 Å². The Morgan fingerprint density at radius 3 is 2.78 bits per heavy atom. The van der Waals surface area contributed by atoms with Crippen LogP contribution in [0.3, 0.4) is 0 Å². The van der Waals surface area contributed by atoms with Crippen LogP contribution in [0.15, 0.2) is 42.5 Å². The third-order valence-corrected chi connectivity index (χ3v) is 4.50. The first-order valence-electron chi connectivity index (χ1n) is 8.83. The SMILES string of the molecule is CN(C)[C@H](CNC(=O)NCc1cccc(F)c1)Cc1cccc2c1OCO2. The molecule has 3 rings (SSSR count). The van der Waals surface area contributed by atoms with Gasteiger partial charge in [-0.25, -0.2) is 9.18 Å². The van der Waals surface area contributed by atoms with E-state index in [1.807, 2.05) is 32.3 Å². The number of hydrogen-bond acceptors (Lipinski definition) is 4. The van der Waals surface area contributed by atoms with E-state index in [-0.39, 0.29) is 31.2 Å². The molecule has 0 saturated heterocycles. The number of nitrogens with zero attached hydrogens (tertiary/aromatic N) is 1. The number of carbonyl (C=O) groups excluding carboxylic acids is 1. The van der Waals surface area contributed by atoms with Crippen molar-refractivity contribution in [3.8, 4) is 11.5 Å². The van der Waals surface area contributed by atoms with Gasteiger partial charge in [-0.2, -0.15) is 0 Å². The van der Waals surface area contributed by atoms with Crippen LogP contribution in [-0.2, 0) is 13.0 Å². The van der Waals surface area contributed by atoms with Gasteiger partial charge in [0.2, 0.25) is 6.79 Å². The molecule has 1 aliphatic heterocycles. The first-order chi connectivity index (χ1) is 13.0. The summed E-state index contributed by atoms with van der Waals surface area (Å²) in [7, 11) is 3.94. The minimum atomic E-state index is -0.316. The molecule has 0 unspecified atom stereocenters. The van der Waals surface area contributed by atoms with Gasteiger partial charge >= 0.3 is 6.03 Å². The van der Waals surface area contributed by atoms with Crippen molar-refractivity contribution in [2.45, 2.75) is 19.0 Å². The predicted molar refractivity (Wildman–Crippen MR) is 100 cm³/mol. The molecule has 6 nitrogen and oxygen atoms in total. The van der Waals surface area contributed by atoms with Crippen molar-refractivity contribution in [3.05, 3.63) is 59.4 Å². The zero-order valence-electron chi connectivity index (χ0n) is 15.5. The molecule has 2 N–H and O–H groups in total. The maximum Gasteiger partial charge on any atom is 0.315 e. The molecule has 0 aliphatic carbocycles. The highest BCUT2D eigenvalue weighted by Gasteiger charge is 2.21. The normalized spacial score (nSPS) is 13.5. The van der Waals surface area contributed by atoms with Crippen LogP contribution in [-0.4, -0.2) is 44.4 Å². The summed E-state index contributed by atoms with van der Waals surface area (Å²) in [5, 5.41) is 5.63. The van der Waals surface area contributed by atoms with E-state index in [9.17, 15) is 9.18 Å². The van der Waals surface area contributed by atoms with Crippen molar-refractivity contribution >= 4 is 6.03 Å². The second-order valence-corrected chi connectivity index (χ2v) is 6.67. The molecule has 27 heavy (non-hydrogen) atoms. The first kappa shape index (κ1) is 19.0. The molecule has 0 radical (unpaired) electrons. The van der Waals surface area contributed by atoms with Crippen molar-refractivity contribution in [3.63, 3.8) is 0 Å². The number of rotatable bonds is 7. The van der Waals surface area contributed by atoms with Gasteiger partial charge in [-0.1, -0.05) is 24.3 Å². The lowest BCUT2D eigenvalue weighted by Gasteiger charge is -2.25. The Bertz CT molecular complexity index is 798. The van der Waals surface area contributed by atoms with E-state index in [1.165, 1.54) is 12.1 Å². The van der Waals surface area contributed by atoms with Crippen LogP contribution in [0.5, 0.6) is 11.5 Å². The fourth-order valence-corrected chi connectivity index (χ4v) is 2.94. The second-order valence-electron chi connectivity index (χ2n) is 6.67. The fourth-order valence-electron chi connectivity index (χ4n) is 2.94. The summed E-state index contributed by atoms with van der Waals surface area (Å²) in [4.78, 5) is 14.1. The monoisotopic (exact) mass is 373 g/mol. The van der Waals surface area contributed by atoms with E-state index >= 15 is 0 Å². The average molecular weight is 373 g/mol. The van der Waals surface area contributed by atoms with Crippen molar-refractivity contribution in [2.24, 2.45) is 0 Å². The smallest absolute Gasteiger partial charge is 0.315 e. The quantitative estimate of drug-likeness (QED) is 0.783. The Balaban J connectivity index is 1.52. The van der Waals surface area contributed by atoms with Crippen LogP contribution in [0, 0.1) is 5.82 Å². The number of fused-ring (bicyclic) bond motifs is 1. The van der Waals surface area contributed by atoms with Gasteiger partial charge in [-0.05, 0) is 49.8 Å². The molecule has 1 atom stereocenters. The summed E-state index contributed by atoms with van der Waals surface area (Å²) in [6, 6.07) is 11.8. The summed E-state index contributed by atoms with van der Waals surface area (Å²) >= 11 is 0. The summed E-state index contributed by atoms with van der Waals surface area (Å²) < 4.78 is 24.2. The highest BCUT2D eigenvalue weighted by atomic mass is 19.1. The van der Waals surface area contributed by atoms with E-state index in [2.05, 4.69) is 15.5 Å². The molecule has 2 aromatic carbocycles. The van der Waals surface area contributed by atoms with Crippen molar-refractivity contribution in [1.82, 2.24) is 15.5 Å². The van der Waals surface area contributed by atoms with E-state index in [1.54, 1.807) is 12.1 Å². The minimum Gasteiger partial charge on any atom is -0.454 e. The molecule has 1 heterocycles. The van der Waals surface area contributed by atoms with Gasteiger partial charge in [0, 0.05) is 19.1 Å². The Morgan fingerprint density at radius 2 is 2.00 bits per heavy atom. The summed E-state index contributed by atoms with van der Waals surface area (Å²) in [6.07, 6.45) is 0.712. The van der Waals surface area contributed by atoms with Crippen LogP contribution in [0.25, 0.3) is 0 Å². The molecule has 144 valence electrons. The molecule has 0 fully saturated rings. The standard InChI is InChI=1S/C20H24FN3O3/c1-24(2)17(10-15-6-4-8-18-19(15)27-13-26-18)12-23-20(25)22-11-14-5-3-7-16(21)9-14/h3-9,17H,10-13H2,1-2H3,(H2,22,23,25)/t17-/m0/s1. The van der Waals surface area contributed by atoms with Crippen LogP contribution in [0.4, 0.5) is 9.18 Å². The number of urea groups is 1. The van der Waals surface area contributed by atoms with Gasteiger partial charge in [0.15, 0.2) is 11.5 Å². The van der Waals surface area contributed by atoms with Gasteiger partial charge in [0.25, 0.3) is 0 Å². The van der Waals surface area contributed by atoms with Crippen LogP contribution in [0.2, 0.25) is 0 Å². The van der Waals surface area contributed by atoms with Crippen molar-refractivity contribution in [1.29, 1.82) is 0 Å². The second kappa shape index (κ2) is 8.73. The average Bonchev–Trinajstić information content (AvgIpc) is 3.13. The Labute approximate surface area is 158 Å². The van der Waals surface area contributed by atoms with Gasteiger partial charge in [0.1, 0.15) is 5.82 Å². The van der Waals surface area contributed by atoms with Gasteiger partial charge < -0.3 is 25.0 Å². The van der Waals surface area contributed by atoms with Gasteiger partial charge in [0.05, 0.1) is 0 Å². The molecule has 7 heteroatoms. The topological polar surface area (TPSA) is 62.8 Å². The highest BCUT2D eigenvalue weighted by Crippen LogP contribution is 2.36. The molecule has 0 saturated carbocycles. The number of para-hydroxylation sites is 1. The Hall–Kier alpha value is -2.80. The lowest BCUT2D eigenvalue weighted by molar-refractivity contribution is 0.172. The van der Waals surface area contributed by atoms with Crippen LogP contribution >= 0.6 is 0 Å². The highest BCUT2D eigenvalue weighted by molar-refractivity contribution is 5.73. The molecular formula is C20H24FN3O3. The number of hydrogen-bond donors (Lipinski definition) is 2. The molecule has 0 spiro atoms. The summed E-state index contributed by atoms with van der Waals surface area (Å²) in [5.74, 6) is 1.22. The van der Waals surface area contributed by atoms with E-state index < -0.39 is 0 Å². The van der Waals surface area contributed by atoms with Crippen molar-refractivity contribution < 1.29 is 18.7 Å². The Kier molecular flexibility index (Phi) is 6.13. The van der Waals surface area contributed by atoms with E-state index in [4.69, 9.17) is 9.47 Å². The first-order valence-corrected chi connectivity index (χ1v) is 8.83.